The lowest BCUT2D eigenvalue weighted by Crippen LogP contribution is -2.43. The molecule has 0 spiro atoms. The minimum atomic E-state index is 0.409. The Morgan fingerprint density at radius 1 is 1.08 bits per heavy atom. The largest absolute Gasteiger partial charge is 0.361 e. The number of hydrogen-bond donors (Lipinski definition) is 2. The summed E-state index contributed by atoms with van der Waals surface area (Å²) >= 11 is 5.14. The molecule has 1 unspecified atom stereocenters. The van der Waals surface area contributed by atoms with Gasteiger partial charge >= 0.3 is 0 Å². The van der Waals surface area contributed by atoms with Crippen molar-refractivity contribution in [2.45, 2.75) is 53.1 Å². The van der Waals surface area contributed by atoms with Crippen molar-refractivity contribution in [2.24, 2.45) is 5.92 Å². The van der Waals surface area contributed by atoms with E-state index in [0.717, 1.165) is 11.5 Å². The highest BCUT2D eigenvalue weighted by Crippen LogP contribution is 2.03. The molecule has 0 heterocycles. The van der Waals surface area contributed by atoms with Gasteiger partial charge in [-0.2, -0.15) is 0 Å². The zero-order valence-electron chi connectivity index (χ0n) is 9.35. The molecule has 0 aliphatic carbocycles. The Hall–Kier alpha value is -0.310. The van der Waals surface area contributed by atoms with Crippen molar-refractivity contribution in [3.63, 3.8) is 0 Å². The Morgan fingerprint density at radius 2 is 1.62 bits per heavy atom. The van der Waals surface area contributed by atoms with Gasteiger partial charge in [-0.1, -0.05) is 13.8 Å². The number of thiocarbonyl (C=S) groups is 1. The molecule has 0 rings (SSSR count). The molecule has 0 radical (unpaired) electrons. The summed E-state index contributed by atoms with van der Waals surface area (Å²) in [7, 11) is 0. The summed E-state index contributed by atoms with van der Waals surface area (Å²) in [6.45, 7) is 10.8. The van der Waals surface area contributed by atoms with Crippen LogP contribution in [0.4, 0.5) is 0 Å². The molecule has 0 aromatic heterocycles. The lowest BCUT2D eigenvalue weighted by molar-refractivity contribution is 0.487. The lowest BCUT2D eigenvalue weighted by atomic mass is 10.1. The summed E-state index contributed by atoms with van der Waals surface area (Å²) in [5, 5.41) is 7.20. The van der Waals surface area contributed by atoms with Crippen molar-refractivity contribution in [1.29, 1.82) is 0 Å². The molecule has 0 bridgehead atoms. The van der Waals surface area contributed by atoms with E-state index < -0.39 is 0 Å². The van der Waals surface area contributed by atoms with Gasteiger partial charge in [0.2, 0.25) is 0 Å². The number of nitrogens with one attached hydrogen (secondary N) is 2. The fourth-order valence-electron chi connectivity index (χ4n) is 1.29. The van der Waals surface area contributed by atoms with Crippen LogP contribution < -0.4 is 10.6 Å². The van der Waals surface area contributed by atoms with Gasteiger partial charge in [-0.15, -0.1) is 0 Å². The summed E-state index contributed by atoms with van der Waals surface area (Å²) in [5.41, 5.74) is 0. The maximum Gasteiger partial charge on any atom is 0.166 e. The van der Waals surface area contributed by atoms with Crippen LogP contribution >= 0.6 is 12.2 Å². The van der Waals surface area contributed by atoms with E-state index >= 15 is 0 Å². The summed E-state index contributed by atoms with van der Waals surface area (Å²) in [6.07, 6.45) is 1.15. The van der Waals surface area contributed by atoms with Gasteiger partial charge < -0.3 is 10.6 Å². The average molecular weight is 202 g/mol. The molecule has 78 valence electrons. The van der Waals surface area contributed by atoms with Crippen LogP contribution in [-0.2, 0) is 0 Å². The highest BCUT2D eigenvalue weighted by molar-refractivity contribution is 7.80. The van der Waals surface area contributed by atoms with E-state index in [4.69, 9.17) is 12.2 Å². The predicted molar refractivity (Wildman–Crippen MR) is 62.9 cm³/mol. The van der Waals surface area contributed by atoms with E-state index in [2.05, 4.69) is 45.3 Å². The fraction of sp³-hybridized carbons (Fsp3) is 0.900. The van der Waals surface area contributed by atoms with E-state index in [9.17, 15) is 0 Å². The highest BCUT2D eigenvalue weighted by atomic mass is 32.1. The monoisotopic (exact) mass is 202 g/mol. The molecule has 13 heavy (non-hydrogen) atoms. The van der Waals surface area contributed by atoms with Gasteiger partial charge in [-0.3, -0.25) is 0 Å². The van der Waals surface area contributed by atoms with Crippen molar-refractivity contribution in [2.75, 3.05) is 0 Å². The van der Waals surface area contributed by atoms with Crippen LogP contribution in [0, 0.1) is 5.92 Å². The fourth-order valence-corrected chi connectivity index (χ4v) is 1.73. The zero-order valence-corrected chi connectivity index (χ0v) is 10.2. The van der Waals surface area contributed by atoms with Gasteiger partial charge in [0.05, 0.1) is 0 Å². The van der Waals surface area contributed by atoms with E-state index in [-0.39, 0.29) is 0 Å². The third kappa shape index (κ3) is 8.03. The van der Waals surface area contributed by atoms with Crippen LogP contribution in [-0.4, -0.2) is 17.2 Å². The summed E-state index contributed by atoms with van der Waals surface area (Å²) in [6, 6.07) is 0.866. The summed E-state index contributed by atoms with van der Waals surface area (Å²) < 4.78 is 0. The molecule has 0 aliphatic heterocycles. The van der Waals surface area contributed by atoms with E-state index in [0.29, 0.717) is 18.0 Å². The molecular weight excluding hydrogens is 180 g/mol. The Bertz CT molecular complexity index is 155. The van der Waals surface area contributed by atoms with E-state index in [1.54, 1.807) is 0 Å². The number of rotatable bonds is 4. The van der Waals surface area contributed by atoms with Gasteiger partial charge in [0.1, 0.15) is 0 Å². The Morgan fingerprint density at radius 3 is 2.00 bits per heavy atom. The van der Waals surface area contributed by atoms with Crippen molar-refractivity contribution in [3.8, 4) is 0 Å². The minimum absolute atomic E-state index is 0.409. The normalized spacial score (nSPS) is 13.2. The van der Waals surface area contributed by atoms with Crippen LogP contribution in [0.15, 0.2) is 0 Å². The third-order valence-corrected chi connectivity index (χ3v) is 1.86. The SMILES string of the molecule is CC(C)CC(C)NC(=S)NC(C)C. The van der Waals surface area contributed by atoms with Gasteiger partial charge in [-0.25, -0.2) is 0 Å². The molecular formula is C10H22N2S. The predicted octanol–water partition coefficient (Wildman–Crippen LogP) is 2.29. The lowest BCUT2D eigenvalue weighted by Gasteiger charge is -2.19. The summed E-state index contributed by atoms with van der Waals surface area (Å²) in [5.74, 6) is 0.712. The van der Waals surface area contributed by atoms with Gasteiger partial charge in [0, 0.05) is 12.1 Å². The average Bonchev–Trinajstić information content (AvgIpc) is 1.80. The smallest absolute Gasteiger partial charge is 0.166 e. The minimum Gasteiger partial charge on any atom is -0.361 e. The van der Waals surface area contributed by atoms with Crippen LogP contribution in [0.2, 0.25) is 0 Å². The molecule has 3 heteroatoms. The van der Waals surface area contributed by atoms with Crippen LogP contribution in [0.1, 0.15) is 41.0 Å². The van der Waals surface area contributed by atoms with E-state index in [1.165, 1.54) is 0 Å². The molecule has 0 saturated heterocycles. The molecule has 0 aliphatic rings. The first-order valence-corrected chi connectivity index (χ1v) is 5.39. The van der Waals surface area contributed by atoms with Crippen LogP contribution in [0.25, 0.3) is 0 Å². The van der Waals surface area contributed by atoms with Gasteiger partial charge in [-0.05, 0) is 45.3 Å². The highest BCUT2D eigenvalue weighted by Gasteiger charge is 2.06. The second-order valence-corrected chi connectivity index (χ2v) is 4.71. The first-order chi connectivity index (χ1) is 5.91. The Kier molecular flexibility index (Phi) is 6.04. The molecule has 0 aromatic rings. The van der Waals surface area contributed by atoms with Crippen LogP contribution in [0.5, 0.6) is 0 Å². The second kappa shape index (κ2) is 6.19. The maximum atomic E-state index is 5.14. The van der Waals surface area contributed by atoms with E-state index in [1.807, 2.05) is 0 Å². The Balaban J connectivity index is 3.65. The van der Waals surface area contributed by atoms with Crippen molar-refractivity contribution in [3.05, 3.63) is 0 Å². The number of hydrogen-bond acceptors (Lipinski definition) is 1. The quantitative estimate of drug-likeness (QED) is 0.684. The summed E-state index contributed by atoms with van der Waals surface area (Å²) in [4.78, 5) is 0. The molecule has 0 aromatic carbocycles. The standard InChI is InChI=1S/C10H22N2S/c1-7(2)6-9(5)12-10(13)11-8(3)4/h7-9H,6H2,1-5H3,(H2,11,12,13). The van der Waals surface area contributed by atoms with Crippen molar-refractivity contribution < 1.29 is 0 Å². The van der Waals surface area contributed by atoms with Crippen molar-refractivity contribution >= 4 is 17.3 Å². The topological polar surface area (TPSA) is 24.1 Å². The molecule has 0 amide bonds. The van der Waals surface area contributed by atoms with Gasteiger partial charge in [0.15, 0.2) is 5.11 Å². The third-order valence-electron chi connectivity index (χ3n) is 1.62. The molecule has 1 atom stereocenters. The van der Waals surface area contributed by atoms with Gasteiger partial charge in [0.25, 0.3) is 0 Å². The zero-order chi connectivity index (χ0) is 10.4. The first-order valence-electron chi connectivity index (χ1n) is 4.98. The van der Waals surface area contributed by atoms with Crippen molar-refractivity contribution in [1.82, 2.24) is 10.6 Å². The molecule has 2 nitrogen and oxygen atoms in total. The molecule has 0 saturated carbocycles. The molecule has 2 N–H and O–H groups in total. The molecule has 0 fully saturated rings. The Labute approximate surface area is 87.5 Å². The second-order valence-electron chi connectivity index (χ2n) is 4.30. The maximum absolute atomic E-state index is 5.14. The first kappa shape index (κ1) is 12.7. The van der Waals surface area contributed by atoms with Crippen LogP contribution in [0.3, 0.4) is 0 Å².